The van der Waals surface area contributed by atoms with Crippen LogP contribution in [0, 0.1) is 6.92 Å². The van der Waals surface area contributed by atoms with E-state index in [1.54, 1.807) is 22.7 Å². The van der Waals surface area contributed by atoms with E-state index >= 15 is 0 Å². The molecule has 0 aliphatic carbocycles. The molecular weight excluding hydrogens is 194 g/mol. The van der Waals surface area contributed by atoms with Gasteiger partial charge in [0, 0.05) is 20.1 Å². The molecule has 5 heteroatoms. The predicted molar refractivity (Wildman–Crippen MR) is 54.5 cm³/mol. The van der Waals surface area contributed by atoms with Crippen molar-refractivity contribution in [3.63, 3.8) is 0 Å². The molecule has 1 saturated heterocycles. The smallest absolute Gasteiger partial charge is 0.272 e. The number of carbonyl (C=O) groups is 1. The minimum atomic E-state index is -0.372. The van der Waals surface area contributed by atoms with Crippen LogP contribution in [0.4, 0.5) is 0 Å². The molecule has 1 aromatic heterocycles. The van der Waals surface area contributed by atoms with Crippen molar-refractivity contribution in [3.8, 4) is 0 Å². The molecular formula is C10H15N3O2. The van der Waals surface area contributed by atoms with Gasteiger partial charge >= 0.3 is 0 Å². The molecule has 2 heterocycles. The Kier molecular flexibility index (Phi) is 2.48. The predicted octanol–water partition coefficient (Wildman–Crippen LogP) is -0.0647. The lowest BCUT2D eigenvalue weighted by Gasteiger charge is -2.14. The highest BCUT2D eigenvalue weighted by atomic mass is 16.3. The number of aryl methyl sites for hydroxylation is 2. The zero-order chi connectivity index (χ0) is 11.0. The van der Waals surface area contributed by atoms with Gasteiger partial charge in [0.25, 0.3) is 5.91 Å². The molecule has 2 rings (SSSR count). The maximum absolute atomic E-state index is 12.0. The molecule has 1 amide bonds. The first-order valence-corrected chi connectivity index (χ1v) is 5.06. The summed E-state index contributed by atoms with van der Waals surface area (Å²) in [6.07, 6.45) is 0.297. The van der Waals surface area contributed by atoms with Gasteiger partial charge in [0.15, 0.2) is 0 Å². The average molecular weight is 209 g/mol. The minimum absolute atomic E-state index is 0.0466. The summed E-state index contributed by atoms with van der Waals surface area (Å²) >= 11 is 0. The van der Waals surface area contributed by atoms with Crippen molar-refractivity contribution < 1.29 is 9.90 Å². The third kappa shape index (κ3) is 1.87. The number of β-amino-alcohol motifs (C(OH)–C–C–N with tert-alkyl or cyclic N) is 1. The second kappa shape index (κ2) is 3.66. The Balaban J connectivity index is 2.17. The van der Waals surface area contributed by atoms with E-state index in [4.69, 9.17) is 0 Å². The number of hydrogen-bond donors (Lipinski definition) is 1. The summed E-state index contributed by atoms with van der Waals surface area (Å²) in [4.78, 5) is 13.6. The van der Waals surface area contributed by atoms with Crippen molar-refractivity contribution >= 4 is 5.91 Å². The zero-order valence-electron chi connectivity index (χ0n) is 8.97. The van der Waals surface area contributed by atoms with Crippen molar-refractivity contribution in [3.05, 3.63) is 17.5 Å². The fourth-order valence-corrected chi connectivity index (χ4v) is 1.90. The maximum atomic E-state index is 12.0. The number of aliphatic hydroxyl groups excluding tert-OH is 1. The number of nitrogens with zero attached hydrogens (tertiary/aromatic N) is 3. The first-order chi connectivity index (χ1) is 7.08. The van der Waals surface area contributed by atoms with Crippen LogP contribution in [0.15, 0.2) is 6.07 Å². The first kappa shape index (κ1) is 10.2. The molecule has 0 saturated carbocycles. The molecule has 0 unspecified atom stereocenters. The van der Waals surface area contributed by atoms with Crippen LogP contribution in [-0.4, -0.2) is 44.9 Å². The molecule has 82 valence electrons. The summed E-state index contributed by atoms with van der Waals surface area (Å²) in [6.45, 7) is 2.92. The quantitative estimate of drug-likeness (QED) is 0.704. The van der Waals surface area contributed by atoms with Crippen molar-refractivity contribution in [1.29, 1.82) is 0 Å². The molecule has 0 aromatic carbocycles. The highest BCUT2D eigenvalue weighted by molar-refractivity contribution is 5.92. The lowest BCUT2D eigenvalue weighted by molar-refractivity contribution is 0.0754. The molecule has 0 bridgehead atoms. The molecule has 1 aliphatic rings. The fraction of sp³-hybridized carbons (Fsp3) is 0.600. The third-order valence-corrected chi connectivity index (χ3v) is 2.67. The Labute approximate surface area is 88.3 Å². The number of rotatable bonds is 1. The SMILES string of the molecule is Cc1cc(C(=O)N2CC[C@H](O)C2)n(C)n1. The van der Waals surface area contributed by atoms with Gasteiger partial charge in [-0.3, -0.25) is 9.48 Å². The summed E-state index contributed by atoms with van der Waals surface area (Å²) < 4.78 is 1.59. The fourth-order valence-electron chi connectivity index (χ4n) is 1.90. The van der Waals surface area contributed by atoms with Gasteiger partial charge in [-0.05, 0) is 19.4 Å². The Morgan fingerprint density at radius 1 is 1.67 bits per heavy atom. The van der Waals surface area contributed by atoms with E-state index in [0.29, 0.717) is 25.2 Å². The van der Waals surface area contributed by atoms with Crippen LogP contribution >= 0.6 is 0 Å². The van der Waals surface area contributed by atoms with Gasteiger partial charge in [0.05, 0.1) is 11.8 Å². The van der Waals surface area contributed by atoms with E-state index in [1.807, 2.05) is 6.92 Å². The highest BCUT2D eigenvalue weighted by Gasteiger charge is 2.27. The van der Waals surface area contributed by atoms with E-state index in [9.17, 15) is 9.90 Å². The van der Waals surface area contributed by atoms with E-state index in [2.05, 4.69) is 5.10 Å². The van der Waals surface area contributed by atoms with E-state index in [1.165, 1.54) is 0 Å². The summed E-state index contributed by atoms with van der Waals surface area (Å²) in [5.41, 5.74) is 1.42. The van der Waals surface area contributed by atoms with Crippen molar-refractivity contribution in [2.24, 2.45) is 7.05 Å². The Morgan fingerprint density at radius 2 is 2.40 bits per heavy atom. The maximum Gasteiger partial charge on any atom is 0.272 e. The summed E-state index contributed by atoms with van der Waals surface area (Å²) in [7, 11) is 1.76. The van der Waals surface area contributed by atoms with Gasteiger partial charge in [-0.2, -0.15) is 5.10 Å². The van der Waals surface area contributed by atoms with Crippen LogP contribution in [0.2, 0.25) is 0 Å². The molecule has 5 nitrogen and oxygen atoms in total. The molecule has 0 spiro atoms. The Bertz CT molecular complexity index is 386. The van der Waals surface area contributed by atoms with E-state index in [0.717, 1.165) is 5.69 Å². The summed E-state index contributed by atoms with van der Waals surface area (Å²) in [6, 6.07) is 1.77. The Morgan fingerprint density at radius 3 is 2.87 bits per heavy atom. The second-order valence-corrected chi connectivity index (χ2v) is 3.99. The van der Waals surface area contributed by atoms with E-state index < -0.39 is 0 Å². The molecule has 1 aromatic rings. The Hall–Kier alpha value is -1.36. The number of amides is 1. The lowest BCUT2D eigenvalue weighted by atomic mass is 10.3. The molecule has 15 heavy (non-hydrogen) atoms. The number of likely N-dealkylation sites (tertiary alicyclic amines) is 1. The number of aliphatic hydroxyl groups is 1. The van der Waals surface area contributed by atoms with Crippen LogP contribution < -0.4 is 0 Å². The van der Waals surface area contributed by atoms with Gasteiger partial charge in [0.2, 0.25) is 0 Å². The molecule has 1 atom stereocenters. The second-order valence-electron chi connectivity index (χ2n) is 3.99. The van der Waals surface area contributed by atoms with Gasteiger partial charge in [-0.25, -0.2) is 0 Å². The monoisotopic (exact) mass is 209 g/mol. The van der Waals surface area contributed by atoms with Crippen LogP contribution in [0.25, 0.3) is 0 Å². The first-order valence-electron chi connectivity index (χ1n) is 5.06. The lowest BCUT2D eigenvalue weighted by Crippen LogP contribution is -2.31. The normalized spacial score (nSPS) is 21.0. The van der Waals surface area contributed by atoms with Gasteiger partial charge in [-0.15, -0.1) is 0 Å². The number of hydrogen-bond acceptors (Lipinski definition) is 3. The zero-order valence-corrected chi connectivity index (χ0v) is 8.97. The highest BCUT2D eigenvalue weighted by Crippen LogP contribution is 2.13. The van der Waals surface area contributed by atoms with Gasteiger partial charge in [0.1, 0.15) is 5.69 Å². The molecule has 0 radical (unpaired) electrons. The molecule has 1 fully saturated rings. The van der Waals surface area contributed by atoms with Crippen molar-refractivity contribution in [2.75, 3.05) is 13.1 Å². The summed E-state index contributed by atoms with van der Waals surface area (Å²) in [5.74, 6) is -0.0466. The number of carbonyl (C=O) groups excluding carboxylic acids is 1. The average Bonchev–Trinajstić information content (AvgIpc) is 2.71. The van der Waals surface area contributed by atoms with Crippen LogP contribution in [0.3, 0.4) is 0 Å². The van der Waals surface area contributed by atoms with Crippen molar-refractivity contribution in [2.45, 2.75) is 19.4 Å². The minimum Gasteiger partial charge on any atom is -0.391 e. The van der Waals surface area contributed by atoms with Crippen LogP contribution in [-0.2, 0) is 7.05 Å². The van der Waals surface area contributed by atoms with Crippen LogP contribution in [0.1, 0.15) is 22.6 Å². The molecule has 1 aliphatic heterocycles. The standard InChI is InChI=1S/C10H15N3O2/c1-7-5-9(12(2)11-7)10(15)13-4-3-8(14)6-13/h5,8,14H,3-4,6H2,1-2H3/t8-/m0/s1. The van der Waals surface area contributed by atoms with Crippen LogP contribution in [0.5, 0.6) is 0 Å². The van der Waals surface area contributed by atoms with Gasteiger partial charge in [-0.1, -0.05) is 0 Å². The van der Waals surface area contributed by atoms with Gasteiger partial charge < -0.3 is 10.0 Å². The summed E-state index contributed by atoms with van der Waals surface area (Å²) in [5, 5.41) is 13.5. The third-order valence-electron chi connectivity index (χ3n) is 2.67. The van der Waals surface area contributed by atoms with Crippen molar-refractivity contribution in [1.82, 2.24) is 14.7 Å². The topological polar surface area (TPSA) is 58.4 Å². The molecule has 1 N–H and O–H groups in total. The van der Waals surface area contributed by atoms with E-state index in [-0.39, 0.29) is 12.0 Å². The largest absolute Gasteiger partial charge is 0.391 e. The number of aromatic nitrogens is 2.